The van der Waals surface area contributed by atoms with Gasteiger partial charge in [0, 0.05) is 83.4 Å². The monoisotopic (exact) mass is 1880 g/mol. The van der Waals surface area contributed by atoms with E-state index in [-0.39, 0.29) is 0 Å². The fraction of sp³-hybridized carbons (Fsp3) is 0. The number of furan rings is 3. The van der Waals surface area contributed by atoms with Gasteiger partial charge in [0.05, 0.1) is 39.3 Å². The maximum absolute atomic E-state index is 7.04. The molecule has 0 saturated carbocycles. The number of hydrogen-bond donors (Lipinski definition) is 0. The summed E-state index contributed by atoms with van der Waals surface area (Å²) in [7, 11) is 0. The van der Waals surface area contributed by atoms with Crippen LogP contribution in [0.15, 0.2) is 571 Å². The van der Waals surface area contributed by atoms with Gasteiger partial charge in [-0.25, -0.2) is 0 Å². The molecule has 147 heavy (non-hydrogen) atoms. The van der Waals surface area contributed by atoms with Crippen molar-refractivity contribution in [3.8, 4) is 72.7 Å². The molecule has 0 amide bonds. The zero-order chi connectivity index (χ0) is 97.2. The van der Waals surface area contributed by atoms with E-state index < -0.39 is 0 Å². The van der Waals surface area contributed by atoms with Crippen LogP contribution in [0.4, 0.5) is 51.2 Å². The van der Waals surface area contributed by atoms with Crippen molar-refractivity contribution in [2.24, 2.45) is 0 Å². The van der Waals surface area contributed by atoms with E-state index in [0.717, 1.165) is 178 Å². The Hall–Kier alpha value is -19.7. The van der Waals surface area contributed by atoms with E-state index in [0.29, 0.717) is 0 Å². The van der Waals surface area contributed by atoms with Gasteiger partial charge in [0.25, 0.3) is 0 Å². The Morgan fingerprint density at radius 1 is 0.143 bits per heavy atom. The Kier molecular flexibility index (Phi) is 21.8. The SMILES string of the molecule is c1ccc(-c2ccc(N(c3ccc(-c4ccc5ccccc5c4)cc3)c3cccc4c3oc3c5ccccc5n(-c5ccccc5)c43)cc2)cc1.c1ccc(-c2ccccc2N(c2ccc(-c3ccc4ccccc4c3)cc2)c2cccc3c2oc2c4ccccc4n(-c4ccccc4)c32)cc1.c1ccc(N(c2ccc(-c3ccc4ccccc4c3)cc2)c2cccc3c2oc2c4ccccc4n(-c4ccccc4)c32)cc1. The number of benzene rings is 23. The molecule has 0 aliphatic carbocycles. The first-order valence-corrected chi connectivity index (χ1v) is 50.0. The van der Waals surface area contributed by atoms with Gasteiger partial charge in [-0.05, 0) is 277 Å². The van der Waals surface area contributed by atoms with Crippen molar-refractivity contribution >= 4 is 182 Å². The molecule has 6 heterocycles. The van der Waals surface area contributed by atoms with Gasteiger partial charge >= 0.3 is 0 Å². The van der Waals surface area contributed by atoms with Crippen LogP contribution in [-0.4, -0.2) is 13.7 Å². The van der Waals surface area contributed by atoms with Gasteiger partial charge in [-0.3, -0.25) is 0 Å². The summed E-state index contributed by atoms with van der Waals surface area (Å²) in [5, 5.41) is 14.0. The molecule has 9 nitrogen and oxygen atoms in total. The van der Waals surface area contributed by atoms with E-state index in [1.807, 2.05) is 0 Å². The highest BCUT2D eigenvalue weighted by molar-refractivity contribution is 6.22. The molecule has 0 spiro atoms. The number of fused-ring (bicyclic) bond motifs is 18. The Morgan fingerprint density at radius 2 is 0.381 bits per heavy atom. The second-order valence-corrected chi connectivity index (χ2v) is 37.3. The zero-order valence-corrected chi connectivity index (χ0v) is 80.0. The van der Waals surface area contributed by atoms with Gasteiger partial charge in [0.1, 0.15) is 16.6 Å². The molecule has 23 aromatic carbocycles. The summed E-state index contributed by atoms with van der Waals surface area (Å²) in [6.45, 7) is 0. The van der Waals surface area contributed by atoms with Crippen LogP contribution < -0.4 is 14.7 Å². The number of anilines is 9. The summed E-state index contributed by atoms with van der Waals surface area (Å²) in [5.41, 5.74) is 36.3. The van der Waals surface area contributed by atoms with Crippen LogP contribution in [0.5, 0.6) is 0 Å². The minimum atomic E-state index is 0.847. The molecule has 0 aliphatic heterocycles. The van der Waals surface area contributed by atoms with E-state index in [1.165, 1.54) is 76.8 Å². The standard InChI is InChI=1S/2C48H32N2O.C42H28N2O/c1-3-15-35(16-4-1)40-20-9-11-23-43(40)49(39-30-28-34(29-31-39)37-27-26-33-14-7-8-17-36(33)32-37)45-25-13-22-42-46-48(51-47(42)45)41-21-10-12-24-44(41)50(46)38-18-5-2-6-19-38;1-3-12-33(13-4-1)35-24-28-40(29-25-35)49(41-30-26-36(27-31-41)38-23-22-34-14-7-8-15-37(34)32-38)45-21-11-19-43-46-48(51-47(43)45)42-18-9-10-20-44(42)50(46)39-16-5-2-6-17-39;1-3-14-33(15-4-1)43(35-26-24-30(25-27-35)32-23-22-29-12-7-8-13-31(29)28-32)39-21-11-19-37-40-42(45-41(37)39)36-18-9-10-20-38(36)44(40)34-16-5-2-6-17-34/h2*1-32H;1-28H. The van der Waals surface area contributed by atoms with Gasteiger partial charge in [-0.2, -0.15) is 0 Å². The molecule has 29 rings (SSSR count). The lowest BCUT2D eigenvalue weighted by Gasteiger charge is -2.28. The maximum atomic E-state index is 7.04. The van der Waals surface area contributed by atoms with Crippen LogP contribution in [0.3, 0.4) is 0 Å². The number of aromatic nitrogens is 3. The van der Waals surface area contributed by atoms with Gasteiger partial charge in [0.2, 0.25) is 0 Å². The summed E-state index contributed by atoms with van der Waals surface area (Å²) < 4.78 is 27.9. The summed E-state index contributed by atoms with van der Waals surface area (Å²) in [6.07, 6.45) is 0. The highest BCUT2D eigenvalue weighted by Crippen LogP contribution is 2.52. The quantitative estimate of drug-likeness (QED) is 0.0905. The number of rotatable bonds is 17. The van der Waals surface area contributed by atoms with Crippen molar-refractivity contribution in [2.45, 2.75) is 0 Å². The van der Waals surface area contributed by atoms with Crippen LogP contribution >= 0.6 is 0 Å². The zero-order valence-electron chi connectivity index (χ0n) is 80.0. The summed E-state index contributed by atoms with van der Waals surface area (Å²) in [6, 6.07) is 198. The summed E-state index contributed by atoms with van der Waals surface area (Å²) in [5.74, 6) is 0. The molecule has 0 fully saturated rings. The third kappa shape index (κ3) is 15.5. The lowest BCUT2D eigenvalue weighted by molar-refractivity contribution is 0.672. The topological polar surface area (TPSA) is 63.9 Å². The average Bonchev–Trinajstić information content (AvgIpc) is 1.56. The molecule has 6 aromatic heterocycles. The van der Waals surface area contributed by atoms with Crippen molar-refractivity contribution in [3.05, 3.63) is 558 Å². The molecule has 0 radical (unpaired) electrons. The molecule has 0 atom stereocenters. The second kappa shape index (κ2) is 37.0. The minimum absolute atomic E-state index is 0.847. The van der Waals surface area contributed by atoms with Crippen molar-refractivity contribution < 1.29 is 13.3 Å². The van der Waals surface area contributed by atoms with E-state index in [9.17, 15) is 0 Å². The minimum Gasteiger partial charge on any atom is -0.451 e. The number of hydrogen-bond acceptors (Lipinski definition) is 6. The molecular weight excluding hydrogens is 1790 g/mol. The summed E-state index contributed by atoms with van der Waals surface area (Å²) in [4.78, 5) is 6.97. The van der Waals surface area contributed by atoms with Crippen LogP contribution in [0.1, 0.15) is 0 Å². The predicted molar refractivity (Wildman–Crippen MR) is 615 cm³/mol. The van der Waals surface area contributed by atoms with Crippen molar-refractivity contribution in [1.29, 1.82) is 0 Å². The summed E-state index contributed by atoms with van der Waals surface area (Å²) >= 11 is 0. The van der Waals surface area contributed by atoms with E-state index in [4.69, 9.17) is 13.3 Å². The lowest BCUT2D eigenvalue weighted by atomic mass is 9.99. The fourth-order valence-corrected chi connectivity index (χ4v) is 21.8. The average molecular weight is 1880 g/mol. The third-order valence-corrected chi connectivity index (χ3v) is 28.7. The third-order valence-electron chi connectivity index (χ3n) is 28.7. The Bertz CT molecular complexity index is 9970. The van der Waals surface area contributed by atoms with Crippen LogP contribution in [-0.2, 0) is 0 Å². The van der Waals surface area contributed by atoms with E-state index in [2.05, 4.69) is 587 Å². The van der Waals surface area contributed by atoms with Gasteiger partial charge < -0.3 is 41.7 Å². The molecule has 0 bridgehead atoms. The Morgan fingerprint density at radius 3 is 0.735 bits per heavy atom. The molecular formula is C138H92N6O3. The maximum Gasteiger partial charge on any atom is 0.161 e. The normalized spacial score (nSPS) is 11.5. The Labute approximate surface area is 848 Å². The molecule has 9 heteroatoms. The van der Waals surface area contributed by atoms with Gasteiger partial charge in [-0.1, -0.05) is 364 Å². The predicted octanol–water partition coefficient (Wildman–Crippen LogP) is 38.8. The largest absolute Gasteiger partial charge is 0.451 e. The van der Waals surface area contributed by atoms with Crippen molar-refractivity contribution in [3.63, 3.8) is 0 Å². The van der Waals surface area contributed by atoms with Crippen LogP contribution in [0, 0.1) is 0 Å². The van der Waals surface area contributed by atoms with Crippen molar-refractivity contribution in [1.82, 2.24) is 13.7 Å². The van der Waals surface area contributed by atoms with Gasteiger partial charge in [-0.15, -0.1) is 0 Å². The highest BCUT2D eigenvalue weighted by Gasteiger charge is 2.30. The van der Waals surface area contributed by atoms with E-state index >= 15 is 0 Å². The van der Waals surface area contributed by atoms with Crippen LogP contribution in [0.25, 0.3) is 204 Å². The second-order valence-electron chi connectivity index (χ2n) is 37.3. The number of nitrogens with zero attached hydrogens (tertiary/aromatic N) is 6. The lowest BCUT2D eigenvalue weighted by Crippen LogP contribution is -2.11. The molecule has 0 saturated heterocycles. The first kappa shape index (κ1) is 86.4. The highest BCUT2D eigenvalue weighted by atomic mass is 16.3. The van der Waals surface area contributed by atoms with E-state index in [1.54, 1.807) is 0 Å². The smallest absolute Gasteiger partial charge is 0.161 e. The first-order valence-electron chi connectivity index (χ1n) is 50.0. The number of para-hydroxylation sites is 11. The molecule has 0 unspecified atom stereocenters. The fourth-order valence-electron chi connectivity index (χ4n) is 21.8. The molecule has 29 aromatic rings. The van der Waals surface area contributed by atoms with Crippen molar-refractivity contribution in [2.75, 3.05) is 14.7 Å². The Balaban J connectivity index is 0.000000109. The molecule has 0 N–H and O–H groups in total. The van der Waals surface area contributed by atoms with Gasteiger partial charge in [0.15, 0.2) is 33.5 Å². The molecule has 692 valence electrons. The first-order chi connectivity index (χ1) is 72.9. The molecule has 0 aliphatic rings. The van der Waals surface area contributed by atoms with Crippen LogP contribution in [0.2, 0.25) is 0 Å².